The van der Waals surface area contributed by atoms with Gasteiger partial charge in [-0.05, 0) is 30.6 Å². The Bertz CT molecular complexity index is 1730. The zero-order chi connectivity index (χ0) is 36.8. The number of thioether (sulfide) groups is 1. The van der Waals surface area contributed by atoms with E-state index < -0.39 is 22.1 Å². The van der Waals surface area contributed by atoms with Gasteiger partial charge in [0.15, 0.2) is 5.65 Å². The third-order valence-corrected chi connectivity index (χ3v) is 9.22. The fourth-order valence-corrected chi connectivity index (χ4v) is 6.08. The topological polar surface area (TPSA) is 143 Å². The number of piperazine rings is 1. The van der Waals surface area contributed by atoms with Crippen LogP contribution in [0.3, 0.4) is 0 Å². The average Bonchev–Trinajstić information content (AvgIpc) is 3.36. The highest BCUT2D eigenvalue weighted by Gasteiger charge is 2.33. The summed E-state index contributed by atoms with van der Waals surface area (Å²) in [6.07, 6.45) is 22.1. The minimum absolute atomic E-state index is 0.000159. The fourth-order valence-electron chi connectivity index (χ4n) is 4.11. The molecule has 2 aliphatic rings. The normalized spacial score (nSPS) is 16.1. The van der Waals surface area contributed by atoms with Gasteiger partial charge in [0, 0.05) is 57.3 Å². The molecular weight excluding hydrogens is 694 g/mol. The number of amides is 1. The van der Waals surface area contributed by atoms with Gasteiger partial charge in [-0.15, -0.1) is 24.9 Å². The first-order valence-corrected chi connectivity index (χ1v) is 18.1. The molecule has 0 unspecified atom stereocenters. The van der Waals surface area contributed by atoms with Crippen LogP contribution < -0.4 is 10.2 Å². The molecule has 4 rings (SSSR count). The van der Waals surface area contributed by atoms with Crippen LogP contribution >= 0.6 is 11.8 Å². The summed E-state index contributed by atoms with van der Waals surface area (Å²) in [5.41, 5.74) is 1.00. The minimum atomic E-state index is -4.85. The van der Waals surface area contributed by atoms with E-state index >= 15 is 0 Å². The van der Waals surface area contributed by atoms with Crippen LogP contribution in [-0.2, 0) is 19.6 Å². The van der Waals surface area contributed by atoms with Gasteiger partial charge in [-0.2, -0.15) is 4.31 Å². The predicted molar refractivity (Wildman–Crippen MR) is 194 cm³/mol. The highest BCUT2D eigenvalue weighted by atomic mass is 32.2. The van der Waals surface area contributed by atoms with Crippen molar-refractivity contribution in [2.45, 2.75) is 26.6 Å². The molecule has 1 fully saturated rings. The summed E-state index contributed by atoms with van der Waals surface area (Å²) < 4.78 is 68.3. The molecule has 0 spiro atoms. The van der Waals surface area contributed by atoms with Crippen LogP contribution in [0.2, 0.25) is 0 Å². The third kappa shape index (κ3) is 14.5. The number of halogens is 3. The lowest BCUT2D eigenvalue weighted by molar-refractivity contribution is -0.303. The lowest BCUT2D eigenvalue weighted by atomic mass is 10.3. The van der Waals surface area contributed by atoms with Gasteiger partial charge in [-0.3, -0.25) is 9.79 Å². The Hall–Kier alpha value is -4.61. The Morgan fingerprint density at radius 2 is 1.74 bits per heavy atom. The number of nitrogens with zero attached hydrogens (tertiary/aromatic N) is 7. The second-order valence-corrected chi connectivity index (χ2v) is 12.5. The molecule has 0 aromatic carbocycles. The number of rotatable bonds is 12. The van der Waals surface area contributed by atoms with E-state index in [4.69, 9.17) is 0 Å². The molecule has 1 saturated heterocycles. The quantitative estimate of drug-likeness (QED) is 0.169. The van der Waals surface area contributed by atoms with Crippen LogP contribution in [0.25, 0.3) is 11.2 Å². The molecule has 50 heavy (non-hydrogen) atoms. The van der Waals surface area contributed by atoms with Crippen LogP contribution in [0.4, 0.5) is 19.0 Å². The number of fused-ring (bicyclic) bond motifs is 1. The summed E-state index contributed by atoms with van der Waals surface area (Å²) >= 11 is 1.62. The Kier molecular flexibility index (Phi) is 18.4. The molecule has 1 N–H and O–H groups in total. The van der Waals surface area contributed by atoms with Crippen molar-refractivity contribution >= 4 is 51.4 Å². The molecule has 1 aliphatic heterocycles. The molecule has 0 radical (unpaired) electrons. The van der Waals surface area contributed by atoms with E-state index in [0.717, 1.165) is 23.1 Å². The number of carbonyl (C=O) groups excluding carboxylic acids is 1. The Balaban J connectivity index is 0.000000390. The van der Waals surface area contributed by atoms with Gasteiger partial charge in [0.2, 0.25) is 16.4 Å². The summed E-state index contributed by atoms with van der Waals surface area (Å²) in [5.74, 6) is 0.109. The van der Waals surface area contributed by atoms with Gasteiger partial charge < -0.3 is 15.0 Å². The first-order chi connectivity index (χ1) is 24.1. The largest absolute Gasteiger partial charge is 0.573 e. The summed E-state index contributed by atoms with van der Waals surface area (Å²) in [6, 6.07) is 0. The number of alkyl halides is 3. The predicted octanol–water partition coefficient (Wildman–Crippen LogP) is 5.51. The summed E-state index contributed by atoms with van der Waals surface area (Å²) in [5, 5.41) is 2.63. The van der Waals surface area contributed by atoms with Gasteiger partial charge in [0.25, 0.3) is 0 Å². The van der Waals surface area contributed by atoms with Gasteiger partial charge in [-0.1, -0.05) is 56.4 Å². The zero-order valence-corrected chi connectivity index (χ0v) is 29.8. The highest BCUT2D eigenvalue weighted by molar-refractivity contribution is 8.02. The van der Waals surface area contributed by atoms with Crippen LogP contribution in [-0.4, -0.2) is 97.7 Å². The maximum Gasteiger partial charge on any atom is 0.573 e. The number of hydrogen-bond acceptors (Lipinski definition) is 11. The number of ether oxygens (including phenoxy) is 1. The molecule has 2 aromatic rings. The van der Waals surface area contributed by atoms with Crippen LogP contribution in [0, 0.1) is 0 Å². The van der Waals surface area contributed by atoms with Crippen molar-refractivity contribution in [3.05, 3.63) is 101 Å². The van der Waals surface area contributed by atoms with Crippen molar-refractivity contribution in [2.24, 2.45) is 4.99 Å². The SMILES string of the molecule is CC.CN=C\C=C/C=C/C=C/C=C(/CNC=O)SC.O=S(=O)(C1=CC=C(OC(F)(F)F)C=CC1)N1CCN(c2cnc3cncnc3n2)CC1. The summed E-state index contributed by atoms with van der Waals surface area (Å²) in [4.78, 5) is 33.6. The first kappa shape index (κ1) is 41.6. The highest BCUT2D eigenvalue weighted by Crippen LogP contribution is 2.26. The maximum absolute atomic E-state index is 13.0. The van der Waals surface area contributed by atoms with E-state index in [1.807, 2.05) is 67.5 Å². The van der Waals surface area contributed by atoms with E-state index in [9.17, 15) is 26.4 Å². The smallest absolute Gasteiger partial charge is 0.406 e. The Morgan fingerprint density at radius 3 is 2.40 bits per heavy atom. The Labute approximate surface area is 295 Å². The van der Waals surface area contributed by atoms with E-state index in [2.05, 4.69) is 35.0 Å². The number of nitrogens with one attached hydrogen (secondary N) is 1. The van der Waals surface area contributed by atoms with Crippen molar-refractivity contribution in [3.8, 4) is 0 Å². The molecule has 12 nitrogen and oxygen atoms in total. The fraction of sp³-hybridized carbons (Fsp3) is 0.333. The standard InChI is InChI=1S/C18H17F3N6O3S.C13H18N2OS.C2H6/c19-18(20,21)30-13-2-1-3-14(5-4-13)31(28,29)27-8-6-26(7-9-27)16-11-23-15-10-22-12-24-17(15)25-16;1-14-10-8-6-4-3-5-7-9-13(17-2)11-15-12-16;1-2/h1-2,4-5,10-12H,3,6-9H2;3-10,12H,11H2,1-2H3,(H,15,16);1-2H3/b;4-3+,7-5+,8-6-,13-9-,14-10?;. The van der Waals surface area contributed by atoms with Crippen LogP contribution in [0.5, 0.6) is 0 Å². The van der Waals surface area contributed by atoms with E-state index in [-0.39, 0.29) is 24.4 Å². The third-order valence-electron chi connectivity index (χ3n) is 6.41. The minimum Gasteiger partial charge on any atom is -0.406 e. The Morgan fingerprint density at radius 1 is 1.04 bits per heavy atom. The summed E-state index contributed by atoms with van der Waals surface area (Å²) in [7, 11) is -2.11. The molecule has 0 atom stereocenters. The molecule has 0 bridgehead atoms. The van der Waals surface area contributed by atoms with Gasteiger partial charge >= 0.3 is 6.36 Å². The molecule has 270 valence electrons. The van der Waals surface area contributed by atoms with E-state index in [1.165, 1.54) is 16.7 Å². The summed E-state index contributed by atoms with van der Waals surface area (Å²) in [6.45, 7) is 5.73. The molecule has 2 aromatic heterocycles. The molecule has 1 amide bonds. The van der Waals surface area contributed by atoms with Gasteiger partial charge in [0.1, 0.15) is 23.4 Å². The second-order valence-electron chi connectivity index (χ2n) is 9.61. The second kappa shape index (κ2) is 22.2. The van der Waals surface area contributed by atoms with Crippen molar-refractivity contribution in [2.75, 3.05) is 50.9 Å². The number of aliphatic imine (C=N–C) groups is 1. The number of carbonyl (C=O) groups is 1. The number of aromatic nitrogens is 4. The van der Waals surface area contributed by atoms with E-state index in [1.54, 1.807) is 37.4 Å². The lowest BCUT2D eigenvalue weighted by Crippen LogP contribution is -2.49. The van der Waals surface area contributed by atoms with Crippen LogP contribution in [0.15, 0.2) is 106 Å². The zero-order valence-electron chi connectivity index (χ0n) is 28.2. The van der Waals surface area contributed by atoms with E-state index in [0.29, 0.717) is 43.0 Å². The number of anilines is 1. The molecule has 0 saturated carbocycles. The average molecular weight is 735 g/mol. The maximum atomic E-state index is 13.0. The number of sulfonamides is 1. The van der Waals surface area contributed by atoms with Gasteiger partial charge in [0.05, 0.1) is 17.3 Å². The van der Waals surface area contributed by atoms with Crippen molar-refractivity contribution in [1.29, 1.82) is 0 Å². The van der Waals surface area contributed by atoms with Crippen molar-refractivity contribution < 1.29 is 31.1 Å². The number of allylic oxidation sites excluding steroid dienone is 12. The van der Waals surface area contributed by atoms with Crippen molar-refractivity contribution in [3.63, 3.8) is 0 Å². The van der Waals surface area contributed by atoms with Crippen molar-refractivity contribution in [1.82, 2.24) is 29.6 Å². The monoisotopic (exact) mass is 734 g/mol. The van der Waals surface area contributed by atoms with Crippen LogP contribution in [0.1, 0.15) is 20.3 Å². The molecular formula is C33H41F3N8O4S2. The molecule has 17 heteroatoms. The first-order valence-electron chi connectivity index (χ1n) is 15.4. The molecule has 1 aliphatic carbocycles. The lowest BCUT2D eigenvalue weighted by Gasteiger charge is -2.34. The number of hydrogen-bond donors (Lipinski definition) is 1. The van der Waals surface area contributed by atoms with Gasteiger partial charge in [-0.25, -0.2) is 28.4 Å². The molecule has 3 heterocycles.